The third-order valence-electron chi connectivity index (χ3n) is 4.94. The van der Waals surface area contributed by atoms with Crippen LogP contribution in [0.25, 0.3) is 11.0 Å². The third kappa shape index (κ3) is 3.46. The molecule has 0 saturated carbocycles. The SMILES string of the molecule is Cc1n[nH]c(C)c1S(=O)(=O)N1CCCN(S(=O)(=O)c2cccc3nsnc23)CC1. The van der Waals surface area contributed by atoms with Gasteiger partial charge in [-0.05, 0) is 32.4 Å². The molecule has 1 saturated heterocycles. The topological polar surface area (TPSA) is 129 Å². The van der Waals surface area contributed by atoms with Crippen molar-refractivity contribution in [2.75, 3.05) is 26.2 Å². The quantitative estimate of drug-likeness (QED) is 0.623. The zero-order valence-corrected chi connectivity index (χ0v) is 18.3. The fraction of sp³-hybridized carbons (Fsp3) is 0.438. The summed E-state index contributed by atoms with van der Waals surface area (Å²) in [7, 11) is -7.59. The summed E-state index contributed by atoms with van der Waals surface area (Å²) in [5, 5.41) is 6.66. The van der Waals surface area contributed by atoms with Crippen LogP contribution in [-0.4, -0.2) is 70.6 Å². The number of nitrogens with zero attached hydrogens (tertiary/aromatic N) is 5. The Labute approximate surface area is 173 Å². The number of nitrogens with one attached hydrogen (secondary N) is 1. The predicted molar refractivity (Wildman–Crippen MR) is 108 cm³/mol. The summed E-state index contributed by atoms with van der Waals surface area (Å²) in [5.74, 6) is 0. The highest BCUT2D eigenvalue weighted by atomic mass is 32.2. The first-order chi connectivity index (χ1) is 13.7. The van der Waals surface area contributed by atoms with Gasteiger partial charge >= 0.3 is 0 Å². The molecule has 0 bridgehead atoms. The fourth-order valence-corrected chi connectivity index (χ4v) is 7.55. The maximum atomic E-state index is 13.2. The van der Waals surface area contributed by atoms with Gasteiger partial charge in [-0.2, -0.15) is 22.5 Å². The Bertz CT molecular complexity index is 1250. The lowest BCUT2D eigenvalue weighted by atomic mass is 10.3. The molecule has 3 heterocycles. The van der Waals surface area contributed by atoms with Gasteiger partial charge in [0.05, 0.1) is 23.1 Å². The Kier molecular flexibility index (Phi) is 5.19. The highest BCUT2D eigenvalue weighted by molar-refractivity contribution is 7.89. The number of aromatic nitrogens is 4. The summed E-state index contributed by atoms with van der Waals surface area (Å²) in [6.45, 7) is 3.88. The van der Waals surface area contributed by atoms with Crippen LogP contribution in [0.15, 0.2) is 28.0 Å². The van der Waals surface area contributed by atoms with E-state index < -0.39 is 20.0 Å². The normalized spacial score (nSPS) is 17.6. The van der Waals surface area contributed by atoms with Crippen molar-refractivity contribution in [1.29, 1.82) is 0 Å². The molecule has 0 radical (unpaired) electrons. The van der Waals surface area contributed by atoms with Crippen LogP contribution in [0.2, 0.25) is 0 Å². The van der Waals surface area contributed by atoms with Gasteiger partial charge in [-0.3, -0.25) is 5.10 Å². The molecule has 0 atom stereocenters. The number of sulfonamides is 2. The van der Waals surface area contributed by atoms with E-state index in [1.165, 1.54) is 14.7 Å². The van der Waals surface area contributed by atoms with Gasteiger partial charge in [-0.25, -0.2) is 16.8 Å². The maximum absolute atomic E-state index is 13.2. The molecule has 13 heteroatoms. The molecular weight excluding hydrogens is 436 g/mol. The van der Waals surface area contributed by atoms with E-state index in [9.17, 15) is 16.8 Å². The van der Waals surface area contributed by atoms with Crippen LogP contribution < -0.4 is 0 Å². The number of benzene rings is 1. The van der Waals surface area contributed by atoms with Gasteiger partial charge in [0.2, 0.25) is 20.0 Å². The van der Waals surface area contributed by atoms with E-state index in [1.807, 2.05) is 0 Å². The van der Waals surface area contributed by atoms with Gasteiger partial charge in [-0.15, -0.1) is 0 Å². The van der Waals surface area contributed by atoms with E-state index in [-0.39, 0.29) is 36.0 Å². The Morgan fingerprint density at radius 3 is 2.31 bits per heavy atom. The lowest BCUT2D eigenvalue weighted by Gasteiger charge is -2.22. The van der Waals surface area contributed by atoms with Gasteiger partial charge in [0.1, 0.15) is 20.8 Å². The highest BCUT2D eigenvalue weighted by Crippen LogP contribution is 2.27. The lowest BCUT2D eigenvalue weighted by molar-refractivity contribution is 0.404. The van der Waals surface area contributed by atoms with E-state index in [0.29, 0.717) is 28.8 Å². The monoisotopic (exact) mass is 456 g/mol. The zero-order valence-electron chi connectivity index (χ0n) is 15.9. The third-order valence-corrected chi connectivity index (χ3v) is 9.57. The van der Waals surface area contributed by atoms with Crippen LogP contribution in [0.4, 0.5) is 0 Å². The molecule has 29 heavy (non-hydrogen) atoms. The van der Waals surface area contributed by atoms with Crippen LogP contribution in [0, 0.1) is 13.8 Å². The van der Waals surface area contributed by atoms with Crippen molar-refractivity contribution in [3.63, 3.8) is 0 Å². The average molecular weight is 457 g/mol. The summed E-state index contributed by atoms with van der Waals surface area (Å²) >= 11 is 0.959. The molecule has 0 aliphatic carbocycles. The number of aryl methyl sites for hydroxylation is 2. The second-order valence-electron chi connectivity index (χ2n) is 6.81. The summed E-state index contributed by atoms with van der Waals surface area (Å²) in [5.41, 5.74) is 1.75. The summed E-state index contributed by atoms with van der Waals surface area (Å²) in [6.07, 6.45) is 0.389. The van der Waals surface area contributed by atoms with E-state index >= 15 is 0 Å². The molecule has 0 amide bonds. The number of hydrogen-bond acceptors (Lipinski definition) is 8. The number of rotatable bonds is 4. The van der Waals surface area contributed by atoms with Crippen molar-refractivity contribution in [2.45, 2.75) is 30.1 Å². The van der Waals surface area contributed by atoms with Crippen LogP contribution >= 0.6 is 11.7 Å². The largest absolute Gasteiger partial charge is 0.281 e. The maximum Gasteiger partial charge on any atom is 0.246 e. The standard InChI is InChI=1S/C16H20N6O4S3/c1-11-16(12(2)18-17-11)29(25,26)22-8-4-7-21(9-10-22)28(23,24)14-6-3-5-13-15(14)20-27-19-13/h3,5-6H,4,7-10H2,1-2H3,(H,17,18). The predicted octanol–water partition coefficient (Wildman–Crippen LogP) is 1.12. The second-order valence-corrected chi connectivity index (χ2v) is 11.1. The first-order valence-electron chi connectivity index (χ1n) is 8.96. The fourth-order valence-electron chi connectivity index (χ4n) is 3.53. The Balaban J connectivity index is 1.62. The first-order valence-corrected chi connectivity index (χ1v) is 12.6. The van der Waals surface area contributed by atoms with Gasteiger partial charge in [0.15, 0.2) is 0 Å². The van der Waals surface area contributed by atoms with E-state index in [4.69, 9.17) is 0 Å². The van der Waals surface area contributed by atoms with Gasteiger partial charge in [-0.1, -0.05) is 6.07 Å². The molecule has 156 valence electrons. The Morgan fingerprint density at radius 2 is 1.66 bits per heavy atom. The summed E-state index contributed by atoms with van der Waals surface area (Å²) in [6, 6.07) is 4.86. The zero-order chi connectivity index (χ0) is 20.8. The molecule has 0 unspecified atom stereocenters. The van der Waals surface area contributed by atoms with E-state index in [0.717, 1.165) is 11.7 Å². The van der Waals surface area contributed by atoms with E-state index in [2.05, 4.69) is 18.9 Å². The lowest BCUT2D eigenvalue weighted by Crippen LogP contribution is -2.37. The number of aromatic amines is 1. The Morgan fingerprint density at radius 1 is 0.966 bits per heavy atom. The van der Waals surface area contributed by atoms with Gasteiger partial charge in [0.25, 0.3) is 0 Å². The summed E-state index contributed by atoms with van der Waals surface area (Å²) < 4.78 is 63.5. The molecule has 1 aromatic carbocycles. The molecule has 4 rings (SSSR count). The van der Waals surface area contributed by atoms with Crippen LogP contribution in [-0.2, 0) is 20.0 Å². The number of H-pyrrole nitrogens is 1. The van der Waals surface area contributed by atoms with Crippen molar-refractivity contribution in [3.05, 3.63) is 29.6 Å². The Hall–Kier alpha value is -1.93. The second kappa shape index (κ2) is 7.40. The smallest absolute Gasteiger partial charge is 0.246 e. The van der Waals surface area contributed by atoms with Crippen molar-refractivity contribution in [3.8, 4) is 0 Å². The van der Waals surface area contributed by atoms with Gasteiger partial charge < -0.3 is 0 Å². The van der Waals surface area contributed by atoms with Crippen molar-refractivity contribution < 1.29 is 16.8 Å². The molecule has 1 aliphatic heterocycles. The molecule has 1 aliphatic rings. The molecule has 0 spiro atoms. The minimum absolute atomic E-state index is 0.0610. The molecule has 10 nitrogen and oxygen atoms in total. The highest BCUT2D eigenvalue weighted by Gasteiger charge is 2.34. The van der Waals surface area contributed by atoms with Crippen molar-refractivity contribution in [2.24, 2.45) is 0 Å². The van der Waals surface area contributed by atoms with Crippen molar-refractivity contribution >= 4 is 42.8 Å². The minimum atomic E-state index is -3.82. The van der Waals surface area contributed by atoms with Crippen molar-refractivity contribution in [1.82, 2.24) is 27.6 Å². The minimum Gasteiger partial charge on any atom is -0.281 e. The van der Waals surface area contributed by atoms with Gasteiger partial charge in [0, 0.05) is 26.2 Å². The molecule has 1 N–H and O–H groups in total. The van der Waals surface area contributed by atoms with Crippen LogP contribution in [0.5, 0.6) is 0 Å². The molecule has 1 fully saturated rings. The molecule has 3 aromatic rings. The number of hydrogen-bond donors (Lipinski definition) is 1. The average Bonchev–Trinajstić information content (AvgIpc) is 3.18. The summed E-state index contributed by atoms with van der Waals surface area (Å²) in [4.78, 5) is 0.258. The molecular formula is C16H20N6O4S3. The molecule has 2 aromatic heterocycles. The first kappa shape index (κ1) is 20.3. The van der Waals surface area contributed by atoms with Crippen LogP contribution in [0.1, 0.15) is 17.8 Å². The van der Waals surface area contributed by atoms with Crippen LogP contribution in [0.3, 0.4) is 0 Å². The van der Waals surface area contributed by atoms with E-state index in [1.54, 1.807) is 26.0 Å². The number of fused-ring (bicyclic) bond motifs is 1.